The molecule has 6 nitrogen and oxygen atoms in total. The SMILES string of the molecule is CCCCCOc1ccc(C(=O)O[C@H](C)C(=O)Nc2ccccc2OC)cc1. The quantitative estimate of drug-likeness (QED) is 0.483. The zero-order chi connectivity index (χ0) is 20.4. The highest BCUT2D eigenvalue weighted by atomic mass is 16.5. The third-order valence-corrected chi connectivity index (χ3v) is 4.12. The number of esters is 1. The van der Waals surface area contributed by atoms with Crippen LogP contribution in [0.3, 0.4) is 0 Å². The summed E-state index contributed by atoms with van der Waals surface area (Å²) in [6, 6.07) is 13.7. The molecule has 0 aliphatic carbocycles. The van der Waals surface area contributed by atoms with Crippen molar-refractivity contribution >= 4 is 17.6 Å². The number of anilines is 1. The van der Waals surface area contributed by atoms with Gasteiger partial charge in [-0.2, -0.15) is 0 Å². The van der Waals surface area contributed by atoms with Crippen LogP contribution in [-0.2, 0) is 9.53 Å². The van der Waals surface area contributed by atoms with Gasteiger partial charge in [-0.25, -0.2) is 4.79 Å². The summed E-state index contributed by atoms with van der Waals surface area (Å²) in [4.78, 5) is 24.6. The van der Waals surface area contributed by atoms with Crippen LogP contribution in [0.1, 0.15) is 43.5 Å². The van der Waals surface area contributed by atoms with Crippen molar-refractivity contribution < 1.29 is 23.8 Å². The molecular formula is C22H27NO5. The van der Waals surface area contributed by atoms with Gasteiger partial charge in [0.05, 0.1) is 25.0 Å². The van der Waals surface area contributed by atoms with E-state index in [0.29, 0.717) is 29.4 Å². The lowest BCUT2D eigenvalue weighted by atomic mass is 10.2. The summed E-state index contributed by atoms with van der Waals surface area (Å²) in [5, 5.41) is 2.70. The Hall–Kier alpha value is -3.02. The van der Waals surface area contributed by atoms with Gasteiger partial charge in [-0.15, -0.1) is 0 Å². The number of carbonyl (C=O) groups is 2. The van der Waals surface area contributed by atoms with E-state index in [9.17, 15) is 9.59 Å². The summed E-state index contributed by atoms with van der Waals surface area (Å²) in [5.41, 5.74) is 0.875. The van der Waals surface area contributed by atoms with Crippen molar-refractivity contribution in [3.63, 3.8) is 0 Å². The second-order valence-electron chi connectivity index (χ2n) is 6.32. The molecule has 0 bridgehead atoms. The highest BCUT2D eigenvalue weighted by Gasteiger charge is 2.20. The zero-order valence-electron chi connectivity index (χ0n) is 16.6. The smallest absolute Gasteiger partial charge is 0.338 e. The number of unbranched alkanes of at least 4 members (excludes halogenated alkanes) is 2. The first-order valence-corrected chi connectivity index (χ1v) is 9.43. The Bertz CT molecular complexity index is 773. The van der Waals surface area contributed by atoms with Gasteiger partial charge in [0.1, 0.15) is 11.5 Å². The van der Waals surface area contributed by atoms with Crippen LogP contribution < -0.4 is 14.8 Å². The fourth-order valence-corrected chi connectivity index (χ4v) is 2.49. The van der Waals surface area contributed by atoms with Crippen LogP contribution in [0.15, 0.2) is 48.5 Å². The maximum absolute atomic E-state index is 12.3. The molecular weight excluding hydrogens is 358 g/mol. The second kappa shape index (κ2) is 11.0. The van der Waals surface area contributed by atoms with E-state index in [0.717, 1.165) is 19.3 Å². The van der Waals surface area contributed by atoms with Gasteiger partial charge in [0.25, 0.3) is 5.91 Å². The molecule has 0 spiro atoms. The van der Waals surface area contributed by atoms with Gasteiger partial charge >= 0.3 is 5.97 Å². The normalized spacial score (nSPS) is 11.4. The van der Waals surface area contributed by atoms with Crippen molar-refractivity contribution in [3.05, 3.63) is 54.1 Å². The molecule has 0 fully saturated rings. The number of ether oxygens (including phenoxy) is 3. The Kier molecular flexibility index (Phi) is 8.34. The molecule has 6 heteroatoms. The largest absolute Gasteiger partial charge is 0.495 e. The zero-order valence-corrected chi connectivity index (χ0v) is 16.6. The van der Waals surface area contributed by atoms with Crippen LogP contribution in [0.2, 0.25) is 0 Å². The lowest BCUT2D eigenvalue weighted by Crippen LogP contribution is -2.30. The van der Waals surface area contributed by atoms with E-state index in [1.807, 2.05) is 0 Å². The third-order valence-electron chi connectivity index (χ3n) is 4.12. The highest BCUT2D eigenvalue weighted by molar-refractivity contribution is 5.98. The van der Waals surface area contributed by atoms with E-state index in [2.05, 4.69) is 12.2 Å². The fraction of sp³-hybridized carbons (Fsp3) is 0.364. The number of methoxy groups -OCH3 is 1. The number of benzene rings is 2. The molecule has 0 saturated heterocycles. The minimum absolute atomic E-state index is 0.359. The van der Waals surface area contributed by atoms with Gasteiger partial charge < -0.3 is 19.5 Å². The Balaban J connectivity index is 1.88. The molecule has 1 atom stereocenters. The summed E-state index contributed by atoms with van der Waals surface area (Å²) in [6.45, 7) is 4.31. The molecule has 2 aromatic rings. The number of carbonyl (C=O) groups excluding carboxylic acids is 2. The Morgan fingerprint density at radius 1 is 1.04 bits per heavy atom. The molecule has 0 aromatic heterocycles. The molecule has 1 N–H and O–H groups in total. The van der Waals surface area contributed by atoms with Crippen molar-refractivity contribution in [1.82, 2.24) is 0 Å². The van der Waals surface area contributed by atoms with Crippen molar-refractivity contribution in [2.75, 3.05) is 19.0 Å². The lowest BCUT2D eigenvalue weighted by Gasteiger charge is -2.15. The molecule has 0 radical (unpaired) electrons. The molecule has 0 unspecified atom stereocenters. The molecule has 2 aromatic carbocycles. The van der Waals surface area contributed by atoms with Crippen LogP contribution in [-0.4, -0.2) is 31.7 Å². The van der Waals surface area contributed by atoms with E-state index in [4.69, 9.17) is 14.2 Å². The molecule has 0 heterocycles. The summed E-state index contributed by atoms with van der Waals surface area (Å²) < 4.78 is 16.1. The van der Waals surface area contributed by atoms with Gasteiger partial charge in [-0.3, -0.25) is 4.79 Å². The predicted octanol–water partition coefficient (Wildman–Crippen LogP) is 4.45. The number of hydrogen-bond acceptors (Lipinski definition) is 5. The molecule has 1 amide bonds. The van der Waals surface area contributed by atoms with Crippen LogP contribution in [0, 0.1) is 0 Å². The van der Waals surface area contributed by atoms with E-state index in [-0.39, 0.29) is 0 Å². The standard InChI is InChI=1S/C22H27NO5/c1-4-5-8-15-27-18-13-11-17(12-14-18)22(25)28-16(2)21(24)23-19-9-6-7-10-20(19)26-3/h6-7,9-14,16H,4-5,8,15H2,1-3H3,(H,23,24)/t16-/m1/s1. The Morgan fingerprint density at radius 2 is 1.75 bits per heavy atom. The molecule has 0 aliphatic rings. The van der Waals surface area contributed by atoms with E-state index < -0.39 is 18.0 Å². The lowest BCUT2D eigenvalue weighted by molar-refractivity contribution is -0.123. The van der Waals surface area contributed by atoms with Crippen LogP contribution >= 0.6 is 0 Å². The maximum Gasteiger partial charge on any atom is 0.338 e. The monoisotopic (exact) mass is 385 g/mol. The number of amides is 1. The summed E-state index contributed by atoms with van der Waals surface area (Å²) >= 11 is 0. The first kappa shape index (κ1) is 21.3. The fourth-order valence-electron chi connectivity index (χ4n) is 2.49. The maximum atomic E-state index is 12.3. The van der Waals surface area contributed by atoms with Crippen molar-refractivity contribution in [2.24, 2.45) is 0 Å². The summed E-state index contributed by atoms with van der Waals surface area (Å²) in [6.07, 6.45) is 2.30. The van der Waals surface area contributed by atoms with Gasteiger partial charge in [0.2, 0.25) is 0 Å². The van der Waals surface area contributed by atoms with Crippen LogP contribution in [0.25, 0.3) is 0 Å². The number of nitrogens with one attached hydrogen (secondary N) is 1. The van der Waals surface area contributed by atoms with Gasteiger partial charge in [0.15, 0.2) is 6.10 Å². The number of rotatable bonds is 10. The number of para-hydroxylation sites is 2. The van der Waals surface area contributed by atoms with E-state index in [1.54, 1.807) is 48.5 Å². The van der Waals surface area contributed by atoms with Crippen molar-refractivity contribution in [2.45, 2.75) is 39.2 Å². The molecule has 150 valence electrons. The molecule has 0 aliphatic heterocycles. The molecule has 0 saturated carbocycles. The first-order valence-electron chi connectivity index (χ1n) is 9.43. The first-order chi connectivity index (χ1) is 13.5. The van der Waals surface area contributed by atoms with Gasteiger partial charge in [-0.1, -0.05) is 31.9 Å². The summed E-state index contributed by atoms with van der Waals surface area (Å²) in [5.74, 6) is 0.229. The van der Waals surface area contributed by atoms with Crippen LogP contribution in [0.5, 0.6) is 11.5 Å². The second-order valence-corrected chi connectivity index (χ2v) is 6.32. The molecule has 28 heavy (non-hydrogen) atoms. The van der Waals surface area contributed by atoms with Gasteiger partial charge in [-0.05, 0) is 49.7 Å². The third kappa shape index (κ3) is 6.30. The van der Waals surface area contributed by atoms with E-state index >= 15 is 0 Å². The van der Waals surface area contributed by atoms with E-state index in [1.165, 1.54) is 14.0 Å². The average molecular weight is 385 g/mol. The Labute approximate surface area is 165 Å². The topological polar surface area (TPSA) is 73.9 Å². The number of hydrogen-bond donors (Lipinski definition) is 1. The van der Waals surface area contributed by atoms with Crippen LogP contribution in [0.4, 0.5) is 5.69 Å². The highest BCUT2D eigenvalue weighted by Crippen LogP contribution is 2.23. The molecule has 2 rings (SSSR count). The van der Waals surface area contributed by atoms with Crippen molar-refractivity contribution in [3.8, 4) is 11.5 Å². The minimum atomic E-state index is -0.956. The van der Waals surface area contributed by atoms with Crippen molar-refractivity contribution in [1.29, 1.82) is 0 Å². The predicted molar refractivity (Wildman–Crippen MR) is 108 cm³/mol. The average Bonchev–Trinajstić information content (AvgIpc) is 2.72. The summed E-state index contributed by atoms with van der Waals surface area (Å²) in [7, 11) is 1.52. The minimum Gasteiger partial charge on any atom is -0.495 e. The Morgan fingerprint density at radius 3 is 2.43 bits per heavy atom. The van der Waals surface area contributed by atoms with Gasteiger partial charge in [0, 0.05) is 0 Å².